The Bertz CT molecular complexity index is 689. The SMILES string of the molecule is CC(C)(C)OC(=O)Nc1ccc(C[C@H](OC(N)=O)C(=O)[C@@]2(C)CO2)cc1. The zero-order valence-electron chi connectivity index (χ0n) is 15.3. The Kier molecular flexibility index (Phi) is 5.56. The van der Waals surface area contributed by atoms with Crippen molar-refractivity contribution in [3.05, 3.63) is 29.8 Å². The summed E-state index contributed by atoms with van der Waals surface area (Å²) in [4.78, 5) is 35.2. The zero-order valence-corrected chi connectivity index (χ0v) is 15.3. The molecule has 26 heavy (non-hydrogen) atoms. The number of hydrogen-bond donors (Lipinski definition) is 2. The first-order chi connectivity index (χ1) is 12.0. The van der Waals surface area contributed by atoms with Crippen LogP contribution in [0.1, 0.15) is 33.3 Å². The molecule has 0 saturated carbocycles. The number of Topliss-reactive ketones (excluding diaryl/α,β-unsaturated/α-hetero) is 1. The Morgan fingerprint density at radius 3 is 2.31 bits per heavy atom. The van der Waals surface area contributed by atoms with Crippen LogP contribution in [-0.2, 0) is 25.4 Å². The summed E-state index contributed by atoms with van der Waals surface area (Å²) in [5.74, 6) is -0.327. The van der Waals surface area contributed by atoms with Crippen molar-refractivity contribution >= 4 is 23.7 Å². The lowest BCUT2D eigenvalue weighted by atomic mass is 9.97. The van der Waals surface area contributed by atoms with Gasteiger partial charge in [0.25, 0.3) is 0 Å². The van der Waals surface area contributed by atoms with E-state index in [4.69, 9.17) is 19.9 Å². The smallest absolute Gasteiger partial charge is 0.412 e. The summed E-state index contributed by atoms with van der Waals surface area (Å²) in [7, 11) is 0. The molecule has 0 bridgehead atoms. The monoisotopic (exact) mass is 364 g/mol. The molecule has 1 aromatic rings. The first kappa shape index (κ1) is 19.7. The molecule has 2 rings (SSSR count). The van der Waals surface area contributed by atoms with Gasteiger partial charge in [0, 0.05) is 12.1 Å². The molecule has 1 aliphatic heterocycles. The van der Waals surface area contributed by atoms with E-state index in [-0.39, 0.29) is 12.2 Å². The molecule has 0 aromatic heterocycles. The number of primary amides is 1. The third kappa shape index (κ3) is 5.73. The van der Waals surface area contributed by atoms with E-state index >= 15 is 0 Å². The molecule has 1 saturated heterocycles. The van der Waals surface area contributed by atoms with Crippen LogP contribution in [0.15, 0.2) is 24.3 Å². The molecular formula is C18H24N2O6. The summed E-state index contributed by atoms with van der Waals surface area (Å²) < 4.78 is 15.2. The van der Waals surface area contributed by atoms with Gasteiger partial charge in [0.1, 0.15) is 5.60 Å². The van der Waals surface area contributed by atoms with Crippen LogP contribution in [0.4, 0.5) is 15.3 Å². The number of nitrogens with one attached hydrogen (secondary N) is 1. The maximum atomic E-state index is 12.4. The highest BCUT2D eigenvalue weighted by atomic mass is 16.6. The number of epoxide rings is 1. The Labute approximate surface area is 152 Å². The summed E-state index contributed by atoms with van der Waals surface area (Å²) in [6, 6.07) is 6.77. The minimum Gasteiger partial charge on any atom is -0.444 e. The first-order valence-electron chi connectivity index (χ1n) is 8.22. The van der Waals surface area contributed by atoms with Gasteiger partial charge in [-0.05, 0) is 45.4 Å². The van der Waals surface area contributed by atoms with Crippen molar-refractivity contribution in [3.8, 4) is 0 Å². The maximum absolute atomic E-state index is 12.4. The standard InChI is InChI=1S/C18H24N2O6/c1-17(2,3)26-16(23)20-12-7-5-11(6-8-12)9-13(25-15(19)22)14(21)18(4)10-24-18/h5-8,13H,9-10H2,1-4H3,(H2,19,22)(H,20,23)/t13-,18+/m0/s1. The van der Waals surface area contributed by atoms with E-state index < -0.39 is 29.5 Å². The second-order valence-electron chi connectivity index (χ2n) is 7.34. The first-order valence-corrected chi connectivity index (χ1v) is 8.22. The van der Waals surface area contributed by atoms with Gasteiger partial charge in [-0.3, -0.25) is 10.1 Å². The molecule has 2 atom stereocenters. The van der Waals surface area contributed by atoms with Crippen LogP contribution < -0.4 is 11.1 Å². The normalized spacial score (nSPS) is 20.0. The predicted octanol–water partition coefficient (Wildman–Crippen LogP) is 2.40. The van der Waals surface area contributed by atoms with E-state index in [1.807, 2.05) is 0 Å². The molecule has 1 aromatic carbocycles. The minimum absolute atomic E-state index is 0.160. The summed E-state index contributed by atoms with van der Waals surface area (Å²) in [5, 5.41) is 2.61. The van der Waals surface area contributed by atoms with E-state index in [0.717, 1.165) is 5.56 Å². The van der Waals surface area contributed by atoms with Crippen molar-refractivity contribution in [1.29, 1.82) is 0 Å². The van der Waals surface area contributed by atoms with Crippen molar-refractivity contribution in [1.82, 2.24) is 0 Å². The van der Waals surface area contributed by atoms with Gasteiger partial charge in [-0.15, -0.1) is 0 Å². The fraction of sp³-hybridized carbons (Fsp3) is 0.500. The fourth-order valence-electron chi connectivity index (χ4n) is 2.28. The van der Waals surface area contributed by atoms with E-state index in [0.29, 0.717) is 12.3 Å². The number of ketones is 1. The number of carbonyl (C=O) groups is 3. The average Bonchev–Trinajstić information content (AvgIpc) is 3.24. The van der Waals surface area contributed by atoms with Crippen molar-refractivity contribution < 1.29 is 28.6 Å². The Morgan fingerprint density at radius 2 is 1.85 bits per heavy atom. The third-order valence-electron chi connectivity index (χ3n) is 3.67. The molecule has 2 amide bonds. The summed E-state index contributed by atoms with van der Waals surface area (Å²) >= 11 is 0. The number of nitrogens with two attached hydrogens (primary N) is 1. The van der Waals surface area contributed by atoms with Gasteiger partial charge in [-0.1, -0.05) is 12.1 Å². The van der Waals surface area contributed by atoms with Crippen molar-refractivity contribution in [3.63, 3.8) is 0 Å². The topological polar surface area (TPSA) is 120 Å². The van der Waals surface area contributed by atoms with Gasteiger partial charge in [0.05, 0.1) is 6.61 Å². The van der Waals surface area contributed by atoms with Crippen LogP contribution in [0.25, 0.3) is 0 Å². The Hall–Kier alpha value is -2.61. The van der Waals surface area contributed by atoms with E-state index in [9.17, 15) is 14.4 Å². The number of benzene rings is 1. The number of rotatable bonds is 6. The van der Waals surface area contributed by atoms with E-state index in [1.54, 1.807) is 52.0 Å². The molecule has 8 nitrogen and oxygen atoms in total. The third-order valence-corrected chi connectivity index (χ3v) is 3.67. The molecule has 0 radical (unpaired) electrons. The average molecular weight is 364 g/mol. The Balaban J connectivity index is 2.00. The van der Waals surface area contributed by atoms with Crippen LogP contribution in [0.3, 0.4) is 0 Å². The number of ether oxygens (including phenoxy) is 3. The van der Waals surface area contributed by atoms with Crippen LogP contribution >= 0.6 is 0 Å². The number of anilines is 1. The number of amides is 2. The number of hydrogen-bond acceptors (Lipinski definition) is 6. The second-order valence-corrected chi connectivity index (χ2v) is 7.34. The van der Waals surface area contributed by atoms with Gasteiger partial charge >= 0.3 is 12.2 Å². The fourth-order valence-corrected chi connectivity index (χ4v) is 2.28. The van der Waals surface area contributed by atoms with Crippen LogP contribution in [-0.4, -0.2) is 41.9 Å². The molecule has 8 heteroatoms. The highest BCUT2D eigenvalue weighted by Gasteiger charge is 2.50. The van der Waals surface area contributed by atoms with E-state index in [1.165, 1.54) is 0 Å². The quantitative estimate of drug-likeness (QED) is 0.748. The zero-order chi connectivity index (χ0) is 19.5. The van der Waals surface area contributed by atoms with Crippen LogP contribution in [0.2, 0.25) is 0 Å². The van der Waals surface area contributed by atoms with Crippen molar-refractivity contribution in [2.24, 2.45) is 5.73 Å². The second kappa shape index (κ2) is 7.33. The molecule has 0 spiro atoms. The maximum Gasteiger partial charge on any atom is 0.412 e. The van der Waals surface area contributed by atoms with Gasteiger partial charge in [-0.2, -0.15) is 0 Å². The van der Waals surface area contributed by atoms with Gasteiger partial charge < -0.3 is 19.9 Å². The molecular weight excluding hydrogens is 340 g/mol. The highest BCUT2D eigenvalue weighted by molar-refractivity contribution is 5.94. The van der Waals surface area contributed by atoms with Gasteiger partial charge in [0.2, 0.25) is 5.78 Å². The summed E-state index contributed by atoms with van der Waals surface area (Å²) in [6.07, 6.45) is -2.44. The molecule has 0 aliphatic carbocycles. The summed E-state index contributed by atoms with van der Waals surface area (Å²) in [6.45, 7) is 7.25. The lowest BCUT2D eigenvalue weighted by Gasteiger charge is -2.20. The molecule has 3 N–H and O–H groups in total. The molecule has 1 aliphatic rings. The van der Waals surface area contributed by atoms with Crippen molar-refractivity contribution in [2.75, 3.05) is 11.9 Å². The molecule has 1 heterocycles. The van der Waals surface area contributed by atoms with Crippen LogP contribution in [0.5, 0.6) is 0 Å². The Morgan fingerprint density at radius 1 is 1.27 bits per heavy atom. The van der Waals surface area contributed by atoms with E-state index in [2.05, 4.69) is 5.32 Å². The van der Waals surface area contributed by atoms with Gasteiger partial charge in [-0.25, -0.2) is 9.59 Å². The largest absolute Gasteiger partial charge is 0.444 e. The van der Waals surface area contributed by atoms with Gasteiger partial charge in [0.15, 0.2) is 11.7 Å². The molecule has 1 fully saturated rings. The minimum atomic E-state index is -1.02. The van der Waals surface area contributed by atoms with Crippen LogP contribution in [0, 0.1) is 0 Å². The lowest BCUT2D eigenvalue weighted by Crippen LogP contribution is -2.39. The summed E-state index contributed by atoms with van der Waals surface area (Å²) in [5.41, 5.74) is 4.83. The molecule has 0 unspecified atom stereocenters. The molecule has 142 valence electrons. The number of carbonyl (C=O) groups excluding carboxylic acids is 3. The predicted molar refractivity (Wildman–Crippen MR) is 93.8 cm³/mol. The highest BCUT2D eigenvalue weighted by Crippen LogP contribution is 2.30. The van der Waals surface area contributed by atoms with Crippen molar-refractivity contribution in [2.45, 2.75) is 51.4 Å². The lowest BCUT2D eigenvalue weighted by molar-refractivity contribution is -0.131.